The van der Waals surface area contributed by atoms with Crippen molar-refractivity contribution >= 4 is 0 Å². The topological polar surface area (TPSA) is 50.7 Å². The van der Waals surface area contributed by atoms with Gasteiger partial charge in [-0.25, -0.2) is 0 Å². The Morgan fingerprint density at radius 2 is 1.72 bits per heavy atom. The summed E-state index contributed by atoms with van der Waals surface area (Å²) in [6.45, 7) is 8.46. The monoisotopic (exact) mass is 401 g/mol. The second-order valence-electron chi connectivity index (χ2n) is 11.1. The van der Waals surface area contributed by atoms with E-state index in [0.29, 0.717) is 18.6 Å². The predicted molar refractivity (Wildman–Crippen MR) is 117 cm³/mol. The van der Waals surface area contributed by atoms with Crippen molar-refractivity contribution in [1.82, 2.24) is 5.32 Å². The standard InChI is InChI=1S/C25H39NO3/c1-24(2,3)22-10-21(28-4)5-6-23(22)29-15-20(27)14-26-16-25-11-17-7-18(12-25)9-19(8-17)13-25/h5-6,10,17-20,26-27H,7-9,11-16H2,1-4H3/t17?,18?,19?,20-,25?/m0/s1. The van der Waals surface area contributed by atoms with Gasteiger partial charge in [0.25, 0.3) is 0 Å². The van der Waals surface area contributed by atoms with E-state index in [2.05, 4.69) is 26.1 Å². The molecule has 0 aliphatic heterocycles. The minimum Gasteiger partial charge on any atom is -0.497 e. The highest BCUT2D eigenvalue weighted by molar-refractivity contribution is 5.44. The summed E-state index contributed by atoms with van der Waals surface area (Å²) in [5.74, 6) is 4.59. The van der Waals surface area contributed by atoms with Gasteiger partial charge in [-0.15, -0.1) is 0 Å². The number of ether oxygens (including phenoxy) is 2. The summed E-state index contributed by atoms with van der Waals surface area (Å²) >= 11 is 0. The van der Waals surface area contributed by atoms with Crippen molar-refractivity contribution in [2.75, 3.05) is 26.8 Å². The van der Waals surface area contributed by atoms with Crippen LogP contribution in [0.1, 0.15) is 64.9 Å². The van der Waals surface area contributed by atoms with Crippen LogP contribution in [0.5, 0.6) is 11.5 Å². The van der Waals surface area contributed by atoms with E-state index in [-0.39, 0.29) is 5.41 Å². The highest BCUT2D eigenvalue weighted by atomic mass is 16.5. The van der Waals surface area contributed by atoms with Crippen LogP contribution < -0.4 is 14.8 Å². The maximum atomic E-state index is 10.5. The number of methoxy groups -OCH3 is 1. The molecule has 0 heterocycles. The van der Waals surface area contributed by atoms with Crippen molar-refractivity contribution in [3.05, 3.63) is 23.8 Å². The van der Waals surface area contributed by atoms with Crippen LogP contribution in [0.15, 0.2) is 18.2 Å². The summed E-state index contributed by atoms with van der Waals surface area (Å²) in [5.41, 5.74) is 1.56. The van der Waals surface area contributed by atoms with E-state index in [4.69, 9.17) is 9.47 Å². The second-order valence-corrected chi connectivity index (χ2v) is 11.1. The van der Waals surface area contributed by atoms with Crippen molar-refractivity contribution in [2.45, 2.75) is 70.8 Å². The van der Waals surface area contributed by atoms with Gasteiger partial charge >= 0.3 is 0 Å². The zero-order valence-corrected chi connectivity index (χ0v) is 18.7. The maximum Gasteiger partial charge on any atom is 0.123 e. The SMILES string of the molecule is COc1ccc(OC[C@@H](O)CNCC23CC4CC(CC(C4)C2)C3)c(C(C)(C)C)c1. The Kier molecular flexibility index (Phi) is 5.87. The highest BCUT2D eigenvalue weighted by Crippen LogP contribution is 2.59. The van der Waals surface area contributed by atoms with Crippen LogP contribution in [0.2, 0.25) is 0 Å². The van der Waals surface area contributed by atoms with Gasteiger partial charge in [0, 0.05) is 18.7 Å². The Morgan fingerprint density at radius 3 is 2.28 bits per heavy atom. The average Bonchev–Trinajstić information content (AvgIpc) is 2.64. The molecule has 0 amide bonds. The number of nitrogens with one attached hydrogen (secondary N) is 1. The molecule has 162 valence electrons. The first-order valence-corrected chi connectivity index (χ1v) is 11.5. The Labute approximate surface area is 176 Å². The van der Waals surface area contributed by atoms with Gasteiger partial charge in [0.05, 0.1) is 7.11 Å². The molecule has 1 atom stereocenters. The molecule has 0 aromatic heterocycles. The molecule has 0 radical (unpaired) electrons. The Bertz CT molecular complexity index is 673. The van der Waals surface area contributed by atoms with Crippen LogP contribution in [0.4, 0.5) is 0 Å². The molecule has 4 fully saturated rings. The molecule has 2 N–H and O–H groups in total. The minimum absolute atomic E-state index is 0.0500. The third-order valence-corrected chi connectivity index (χ3v) is 7.47. The Hall–Kier alpha value is -1.26. The lowest BCUT2D eigenvalue weighted by molar-refractivity contribution is -0.0524. The van der Waals surface area contributed by atoms with Crippen molar-refractivity contribution in [3.63, 3.8) is 0 Å². The fraction of sp³-hybridized carbons (Fsp3) is 0.760. The molecule has 4 aliphatic rings. The first-order valence-electron chi connectivity index (χ1n) is 11.5. The molecule has 0 spiro atoms. The minimum atomic E-state index is -0.501. The maximum absolute atomic E-state index is 10.5. The van der Waals surface area contributed by atoms with Gasteiger partial charge in [-0.2, -0.15) is 0 Å². The third kappa shape index (κ3) is 4.74. The molecule has 4 bridgehead atoms. The van der Waals surface area contributed by atoms with E-state index < -0.39 is 6.10 Å². The van der Waals surface area contributed by atoms with Crippen LogP contribution in [0.3, 0.4) is 0 Å². The van der Waals surface area contributed by atoms with E-state index in [0.717, 1.165) is 41.4 Å². The molecular weight excluding hydrogens is 362 g/mol. The molecule has 29 heavy (non-hydrogen) atoms. The largest absolute Gasteiger partial charge is 0.497 e. The molecule has 0 unspecified atom stereocenters. The smallest absolute Gasteiger partial charge is 0.123 e. The van der Waals surface area contributed by atoms with Gasteiger partial charge in [0.2, 0.25) is 0 Å². The lowest BCUT2D eigenvalue weighted by atomic mass is 9.49. The predicted octanol–water partition coefficient (Wildman–Crippen LogP) is 4.54. The van der Waals surface area contributed by atoms with Crippen LogP contribution >= 0.6 is 0 Å². The molecular formula is C25H39NO3. The summed E-state index contributed by atoms with van der Waals surface area (Å²) in [7, 11) is 1.68. The zero-order valence-electron chi connectivity index (χ0n) is 18.7. The number of aliphatic hydroxyl groups excluding tert-OH is 1. The molecule has 4 aliphatic carbocycles. The summed E-state index contributed by atoms with van der Waals surface area (Å²) < 4.78 is 11.4. The zero-order chi connectivity index (χ0) is 20.6. The summed E-state index contributed by atoms with van der Waals surface area (Å²) in [6, 6.07) is 5.91. The number of rotatable bonds is 8. The van der Waals surface area contributed by atoms with Gasteiger partial charge in [-0.1, -0.05) is 20.8 Å². The number of aliphatic hydroxyl groups is 1. The Balaban J connectivity index is 1.27. The lowest BCUT2D eigenvalue weighted by Gasteiger charge is -2.57. The molecule has 4 nitrogen and oxygen atoms in total. The molecule has 1 aromatic carbocycles. The molecule has 4 saturated carbocycles. The average molecular weight is 402 g/mol. The van der Waals surface area contributed by atoms with Crippen molar-refractivity contribution in [2.24, 2.45) is 23.2 Å². The van der Waals surface area contributed by atoms with Crippen molar-refractivity contribution in [3.8, 4) is 11.5 Å². The van der Waals surface area contributed by atoms with Gasteiger partial charge in [0.15, 0.2) is 0 Å². The van der Waals surface area contributed by atoms with E-state index in [1.165, 1.54) is 38.5 Å². The lowest BCUT2D eigenvalue weighted by Crippen LogP contribution is -2.51. The molecule has 5 rings (SSSR count). The number of hydrogen-bond donors (Lipinski definition) is 2. The molecule has 0 saturated heterocycles. The number of hydrogen-bond acceptors (Lipinski definition) is 4. The van der Waals surface area contributed by atoms with E-state index in [1.807, 2.05) is 18.2 Å². The van der Waals surface area contributed by atoms with Crippen LogP contribution in [-0.4, -0.2) is 38.0 Å². The third-order valence-electron chi connectivity index (χ3n) is 7.47. The van der Waals surface area contributed by atoms with E-state index >= 15 is 0 Å². The van der Waals surface area contributed by atoms with Gasteiger partial charge in [-0.3, -0.25) is 0 Å². The summed E-state index contributed by atoms with van der Waals surface area (Å²) in [6.07, 6.45) is 8.14. The van der Waals surface area contributed by atoms with Crippen LogP contribution in [0.25, 0.3) is 0 Å². The van der Waals surface area contributed by atoms with E-state index in [1.54, 1.807) is 7.11 Å². The number of benzene rings is 1. The fourth-order valence-electron chi connectivity index (χ4n) is 6.60. The molecule has 1 aromatic rings. The van der Waals surface area contributed by atoms with Gasteiger partial charge in [0.1, 0.15) is 24.2 Å². The normalized spacial score (nSPS) is 31.7. The van der Waals surface area contributed by atoms with Crippen LogP contribution in [0, 0.1) is 23.2 Å². The van der Waals surface area contributed by atoms with E-state index in [9.17, 15) is 5.11 Å². The summed E-state index contributed by atoms with van der Waals surface area (Å²) in [4.78, 5) is 0. The first kappa shape index (κ1) is 21.0. The summed E-state index contributed by atoms with van der Waals surface area (Å²) in [5, 5.41) is 14.1. The molecule has 4 heteroatoms. The van der Waals surface area contributed by atoms with Gasteiger partial charge in [-0.05, 0) is 85.3 Å². The van der Waals surface area contributed by atoms with Crippen LogP contribution in [-0.2, 0) is 5.41 Å². The van der Waals surface area contributed by atoms with Crippen molar-refractivity contribution < 1.29 is 14.6 Å². The first-order chi connectivity index (χ1) is 13.8. The highest BCUT2D eigenvalue weighted by Gasteiger charge is 2.50. The van der Waals surface area contributed by atoms with Gasteiger partial charge < -0.3 is 19.9 Å². The quantitative estimate of drug-likeness (QED) is 0.671. The fourth-order valence-corrected chi connectivity index (χ4v) is 6.60. The van der Waals surface area contributed by atoms with Crippen molar-refractivity contribution in [1.29, 1.82) is 0 Å². The Morgan fingerprint density at radius 1 is 1.10 bits per heavy atom. The second kappa shape index (κ2) is 8.11.